The summed E-state index contributed by atoms with van der Waals surface area (Å²) in [5, 5.41) is 11.9. The molecule has 0 aliphatic carbocycles. The van der Waals surface area contributed by atoms with Crippen molar-refractivity contribution in [1.29, 1.82) is 0 Å². The van der Waals surface area contributed by atoms with Gasteiger partial charge in [-0.05, 0) is 25.3 Å². The van der Waals surface area contributed by atoms with Crippen LogP contribution < -0.4 is 5.32 Å². The van der Waals surface area contributed by atoms with Crippen LogP contribution in [0, 0.1) is 5.92 Å². The average molecular weight is 224 g/mol. The summed E-state index contributed by atoms with van der Waals surface area (Å²) in [6.07, 6.45) is -0.0528. The van der Waals surface area contributed by atoms with Crippen LogP contribution in [0.5, 0.6) is 0 Å². The summed E-state index contributed by atoms with van der Waals surface area (Å²) in [6.45, 7) is 4.73. The molecule has 0 saturated carbocycles. The predicted molar refractivity (Wildman–Crippen MR) is 52.6 cm³/mol. The molecule has 0 saturated heterocycles. The second kappa shape index (κ2) is 6.34. The highest BCUT2D eigenvalue weighted by molar-refractivity contribution is 7.85. The second-order valence-corrected chi connectivity index (χ2v) is 5.23. The van der Waals surface area contributed by atoms with Crippen LogP contribution in [-0.2, 0) is 10.1 Å². The molecule has 0 aromatic carbocycles. The Morgan fingerprint density at radius 2 is 1.93 bits per heavy atom. The van der Waals surface area contributed by atoms with Gasteiger partial charge in [0.15, 0.2) is 0 Å². The Bertz CT molecular complexity index is 238. The summed E-state index contributed by atoms with van der Waals surface area (Å²) in [6, 6.07) is 0. The number of rotatable bonds is 7. The molecular formula is C8H18NO4S-. The molecule has 1 atom stereocenters. The molecular weight excluding hydrogens is 206 g/mol. The zero-order valence-electron chi connectivity index (χ0n) is 8.56. The Morgan fingerprint density at radius 1 is 1.36 bits per heavy atom. The number of hydrogen-bond acceptors (Lipinski definition) is 5. The predicted octanol–water partition coefficient (Wildman–Crippen LogP) is -0.124. The molecule has 0 radical (unpaired) electrons. The Kier molecular flexibility index (Phi) is 6.26. The lowest BCUT2D eigenvalue weighted by Crippen LogP contribution is -2.32. The van der Waals surface area contributed by atoms with Crippen molar-refractivity contribution in [3.8, 4) is 0 Å². The van der Waals surface area contributed by atoms with Gasteiger partial charge < -0.3 is 9.66 Å². The third kappa shape index (κ3) is 9.91. The maximum Gasteiger partial charge on any atom is 0.105 e. The third-order valence-electron chi connectivity index (χ3n) is 1.74. The highest BCUT2D eigenvalue weighted by Gasteiger charge is 2.05. The average Bonchev–Trinajstić information content (AvgIpc) is 1.99. The minimum atomic E-state index is -4.21. The number of aliphatic hydroxyl groups excluding tert-OH is 1. The lowest BCUT2D eigenvalue weighted by Gasteiger charge is -2.14. The number of nitrogens with one attached hydrogen (secondary N) is 1. The van der Waals surface area contributed by atoms with Gasteiger partial charge in [-0.3, -0.25) is 5.32 Å². The van der Waals surface area contributed by atoms with Crippen LogP contribution >= 0.6 is 0 Å². The minimum absolute atomic E-state index is 0.0517. The summed E-state index contributed by atoms with van der Waals surface area (Å²) >= 11 is 0. The quantitative estimate of drug-likeness (QED) is 0.464. The zero-order valence-corrected chi connectivity index (χ0v) is 9.38. The van der Waals surface area contributed by atoms with E-state index < -0.39 is 22.1 Å². The first-order valence-electron chi connectivity index (χ1n) is 4.66. The highest BCUT2D eigenvalue weighted by atomic mass is 32.2. The third-order valence-corrected chi connectivity index (χ3v) is 2.48. The first-order chi connectivity index (χ1) is 6.31. The molecule has 14 heavy (non-hydrogen) atoms. The van der Waals surface area contributed by atoms with Gasteiger partial charge in [-0.2, -0.15) is 0 Å². The van der Waals surface area contributed by atoms with E-state index >= 15 is 0 Å². The van der Waals surface area contributed by atoms with Gasteiger partial charge in [-0.1, -0.05) is 13.8 Å². The maximum atomic E-state index is 10.2. The first kappa shape index (κ1) is 13.8. The summed E-state index contributed by atoms with van der Waals surface area (Å²) in [5.74, 6) is 0.000916. The molecule has 0 aliphatic heterocycles. The normalized spacial score (nSPS) is 14.6. The Hall–Kier alpha value is -0.170. The topological polar surface area (TPSA) is 89.5 Å². The van der Waals surface area contributed by atoms with Crippen molar-refractivity contribution in [2.75, 3.05) is 12.3 Å². The highest BCUT2D eigenvalue weighted by Crippen LogP contribution is 1.98. The van der Waals surface area contributed by atoms with Gasteiger partial charge in [0.25, 0.3) is 0 Å². The van der Waals surface area contributed by atoms with E-state index in [2.05, 4.69) is 19.2 Å². The smallest absolute Gasteiger partial charge is 0.105 e. The van der Waals surface area contributed by atoms with Crippen molar-refractivity contribution in [1.82, 2.24) is 5.32 Å². The molecule has 0 aliphatic rings. The first-order valence-corrected chi connectivity index (χ1v) is 6.24. The van der Waals surface area contributed by atoms with Crippen molar-refractivity contribution < 1.29 is 18.1 Å². The van der Waals surface area contributed by atoms with Crippen LogP contribution in [0.4, 0.5) is 0 Å². The van der Waals surface area contributed by atoms with Crippen LogP contribution in [0.1, 0.15) is 26.7 Å². The van der Waals surface area contributed by atoms with Gasteiger partial charge in [-0.25, -0.2) is 8.42 Å². The minimum Gasteiger partial charge on any atom is -0.748 e. The fourth-order valence-electron chi connectivity index (χ4n) is 0.897. The molecule has 0 heterocycles. The van der Waals surface area contributed by atoms with Crippen molar-refractivity contribution in [3.05, 3.63) is 0 Å². The van der Waals surface area contributed by atoms with Crippen LogP contribution in [0.2, 0.25) is 0 Å². The van der Waals surface area contributed by atoms with E-state index in [1.165, 1.54) is 0 Å². The van der Waals surface area contributed by atoms with E-state index in [1.54, 1.807) is 0 Å². The summed E-state index contributed by atoms with van der Waals surface area (Å²) < 4.78 is 30.7. The molecule has 5 nitrogen and oxygen atoms in total. The van der Waals surface area contributed by atoms with Gasteiger partial charge in [0.05, 0.1) is 10.1 Å². The standard InChI is InChI=1S/C8H19NO4S/c1-7(2)3-5-9-8(10)4-6-14(11,12)13/h7-10H,3-6H2,1-2H3,(H,11,12,13)/p-1. The molecule has 0 aromatic rings. The molecule has 0 rings (SSSR count). The molecule has 86 valence electrons. The molecule has 2 N–H and O–H groups in total. The molecule has 6 heteroatoms. The molecule has 0 fully saturated rings. The van der Waals surface area contributed by atoms with E-state index in [0.717, 1.165) is 6.42 Å². The van der Waals surface area contributed by atoms with Crippen molar-refractivity contribution in [2.24, 2.45) is 5.92 Å². The Morgan fingerprint density at radius 3 is 2.36 bits per heavy atom. The Balaban J connectivity index is 3.51. The lowest BCUT2D eigenvalue weighted by atomic mass is 10.1. The van der Waals surface area contributed by atoms with E-state index in [4.69, 9.17) is 0 Å². The largest absolute Gasteiger partial charge is 0.748 e. The Labute approximate surface area is 85.3 Å². The summed E-state index contributed by atoms with van der Waals surface area (Å²) in [7, 11) is -4.21. The van der Waals surface area contributed by atoms with Gasteiger partial charge in [-0.15, -0.1) is 0 Å². The molecule has 1 unspecified atom stereocenters. The van der Waals surface area contributed by atoms with Gasteiger partial charge >= 0.3 is 0 Å². The zero-order chi connectivity index (χ0) is 11.2. The van der Waals surface area contributed by atoms with Crippen molar-refractivity contribution in [2.45, 2.75) is 32.9 Å². The molecule has 0 bridgehead atoms. The van der Waals surface area contributed by atoms with Crippen molar-refractivity contribution >= 4 is 10.1 Å². The molecule has 0 amide bonds. The molecule has 0 aromatic heterocycles. The second-order valence-electron chi connectivity index (χ2n) is 3.70. The van der Waals surface area contributed by atoms with Gasteiger partial charge in [0.1, 0.15) is 6.23 Å². The SMILES string of the molecule is CC(C)CCNC(O)CCS(=O)(=O)[O-]. The monoisotopic (exact) mass is 224 g/mol. The van der Waals surface area contributed by atoms with Crippen LogP contribution in [-0.4, -0.2) is 36.6 Å². The van der Waals surface area contributed by atoms with E-state index in [0.29, 0.717) is 12.5 Å². The van der Waals surface area contributed by atoms with Crippen LogP contribution in [0.25, 0.3) is 0 Å². The summed E-state index contributed by atoms with van der Waals surface area (Å²) in [4.78, 5) is 0. The maximum absolute atomic E-state index is 10.2. The number of hydrogen-bond donors (Lipinski definition) is 2. The molecule has 0 spiro atoms. The van der Waals surface area contributed by atoms with Crippen LogP contribution in [0.3, 0.4) is 0 Å². The fraction of sp³-hybridized carbons (Fsp3) is 1.00. The van der Waals surface area contributed by atoms with Gasteiger partial charge in [0.2, 0.25) is 0 Å². The van der Waals surface area contributed by atoms with E-state index in [-0.39, 0.29) is 6.42 Å². The van der Waals surface area contributed by atoms with Crippen molar-refractivity contribution in [3.63, 3.8) is 0 Å². The number of aliphatic hydroxyl groups is 1. The van der Waals surface area contributed by atoms with E-state index in [9.17, 15) is 18.1 Å². The lowest BCUT2D eigenvalue weighted by molar-refractivity contribution is 0.132. The van der Waals surface area contributed by atoms with E-state index in [1.807, 2.05) is 0 Å². The fourth-order valence-corrected chi connectivity index (χ4v) is 1.41. The summed E-state index contributed by atoms with van der Waals surface area (Å²) in [5.41, 5.74) is 0. The van der Waals surface area contributed by atoms with Gasteiger partial charge in [0, 0.05) is 5.75 Å². The van der Waals surface area contributed by atoms with Crippen LogP contribution in [0.15, 0.2) is 0 Å².